The molecule has 1 aliphatic carbocycles. The van der Waals surface area contributed by atoms with Crippen molar-refractivity contribution in [2.24, 2.45) is 10.6 Å². The molecule has 0 aliphatic heterocycles. The summed E-state index contributed by atoms with van der Waals surface area (Å²) in [7, 11) is 1.38. The van der Waals surface area contributed by atoms with Gasteiger partial charge in [0.2, 0.25) is 5.54 Å². The molecule has 0 saturated heterocycles. The monoisotopic (exact) mass is 470 g/mol. The van der Waals surface area contributed by atoms with Gasteiger partial charge in [0.05, 0.1) is 19.4 Å². The maximum absolute atomic E-state index is 14.2. The number of ether oxygens (including phenoxy) is 1. The van der Waals surface area contributed by atoms with Gasteiger partial charge in [-0.15, -0.1) is 4.91 Å². The molecule has 0 bridgehead atoms. The first-order valence-electron chi connectivity index (χ1n) is 10.7. The molecule has 2 rings (SSSR count). The molecule has 0 radical (unpaired) electrons. The van der Waals surface area contributed by atoms with Crippen molar-refractivity contribution >= 4 is 11.5 Å². The molecule has 0 aromatic heterocycles. The highest BCUT2D eigenvalue weighted by atomic mass is 19.4. The number of nitrogens with one attached hydrogen (secondary N) is 1. The predicted molar refractivity (Wildman–Crippen MR) is 120 cm³/mol. The summed E-state index contributed by atoms with van der Waals surface area (Å²) in [6, 6.07) is 4.64. The lowest BCUT2D eigenvalue weighted by molar-refractivity contribution is -0.188. The van der Waals surface area contributed by atoms with Crippen LogP contribution in [0.25, 0.3) is 0 Å². The van der Waals surface area contributed by atoms with Crippen LogP contribution in [0, 0.1) is 10.3 Å². The number of nitroso groups, excluding NO2 is 1. The molecule has 0 amide bonds. The first kappa shape index (κ1) is 26.5. The van der Waals surface area contributed by atoms with E-state index in [1.54, 1.807) is 12.1 Å². The Morgan fingerprint density at radius 1 is 1.21 bits per heavy atom. The fourth-order valence-electron chi connectivity index (χ4n) is 4.26. The number of benzene rings is 1. The van der Waals surface area contributed by atoms with Crippen LogP contribution in [0.15, 0.2) is 46.6 Å². The zero-order valence-corrected chi connectivity index (χ0v) is 19.5. The molecule has 0 spiro atoms. The van der Waals surface area contributed by atoms with Crippen LogP contribution < -0.4 is 5.32 Å². The van der Waals surface area contributed by atoms with Crippen molar-refractivity contribution in [3.63, 3.8) is 0 Å². The number of rotatable bonds is 10. The lowest BCUT2D eigenvalue weighted by Gasteiger charge is -2.38. The standard InChI is InChI=1S/C24H30F4N2O3/c1-6-16-11-18(8-9-19(16)15(2)31)29-14-23(30-32,24(26,27)28)13-22(3,4)20-12-17(25)7-10-21(20)33-5/h8-9,11-12,29H,6-7,10,13-14H2,1-5H3. The Kier molecular flexibility index (Phi) is 8.09. The molecule has 33 heavy (non-hydrogen) atoms. The number of carbonyl (C=O) groups is 1. The van der Waals surface area contributed by atoms with E-state index in [1.165, 1.54) is 40.0 Å². The Labute approximate surface area is 191 Å². The van der Waals surface area contributed by atoms with Crippen molar-refractivity contribution in [1.29, 1.82) is 0 Å². The van der Waals surface area contributed by atoms with Gasteiger partial charge in [-0.1, -0.05) is 25.9 Å². The average molecular weight is 471 g/mol. The second kappa shape index (κ2) is 10.1. The number of carbonyl (C=O) groups excluding carboxylic acids is 1. The molecule has 1 aromatic carbocycles. The van der Waals surface area contributed by atoms with Crippen molar-refractivity contribution in [3.8, 4) is 0 Å². The van der Waals surface area contributed by atoms with Crippen LogP contribution >= 0.6 is 0 Å². The largest absolute Gasteiger partial charge is 0.501 e. The molecule has 0 fully saturated rings. The van der Waals surface area contributed by atoms with Gasteiger partial charge in [-0.05, 0) is 60.6 Å². The van der Waals surface area contributed by atoms with Gasteiger partial charge in [0.25, 0.3) is 0 Å². The number of Topliss-reactive ketones (excluding diaryl/α,β-unsaturated/α-hetero) is 1. The Hall–Kier alpha value is -2.71. The van der Waals surface area contributed by atoms with Crippen LogP contribution in [0.1, 0.15) is 62.9 Å². The van der Waals surface area contributed by atoms with E-state index in [0.29, 0.717) is 29.0 Å². The zero-order chi connectivity index (χ0) is 25.0. The number of halogens is 4. The van der Waals surface area contributed by atoms with Crippen LogP contribution in [0.4, 0.5) is 23.2 Å². The summed E-state index contributed by atoms with van der Waals surface area (Å²) < 4.78 is 62.0. The first-order valence-corrected chi connectivity index (χ1v) is 10.7. The lowest BCUT2D eigenvalue weighted by Crippen LogP contribution is -2.51. The van der Waals surface area contributed by atoms with Gasteiger partial charge >= 0.3 is 6.18 Å². The van der Waals surface area contributed by atoms with Crippen LogP contribution in [0.3, 0.4) is 0 Å². The van der Waals surface area contributed by atoms with Crippen molar-refractivity contribution in [1.82, 2.24) is 0 Å². The number of methoxy groups -OCH3 is 1. The highest BCUT2D eigenvalue weighted by Gasteiger charge is 2.59. The molecule has 9 heteroatoms. The third-order valence-corrected chi connectivity index (χ3v) is 6.05. The van der Waals surface area contributed by atoms with E-state index in [9.17, 15) is 27.3 Å². The van der Waals surface area contributed by atoms with Gasteiger partial charge in [-0.3, -0.25) is 4.79 Å². The second-order valence-corrected chi connectivity index (χ2v) is 8.95. The number of alkyl halides is 3. The smallest absolute Gasteiger partial charge is 0.418 e. The van der Waals surface area contributed by atoms with Crippen LogP contribution in [0.5, 0.6) is 0 Å². The van der Waals surface area contributed by atoms with E-state index in [4.69, 9.17) is 4.74 Å². The fraction of sp³-hybridized carbons (Fsp3) is 0.542. The SMILES string of the molecule is CCc1cc(NCC(CC(C)(C)C2=C(OC)CCC(F)=C2)(N=O)C(F)(F)F)ccc1C(C)=O. The number of allylic oxidation sites excluding steroid dienone is 4. The molecule has 0 heterocycles. The molecule has 1 aliphatic rings. The fourth-order valence-corrected chi connectivity index (χ4v) is 4.26. The molecule has 1 N–H and O–H groups in total. The molecule has 0 saturated carbocycles. The normalized spacial score (nSPS) is 16.7. The minimum atomic E-state index is -4.96. The summed E-state index contributed by atoms with van der Waals surface area (Å²) in [4.78, 5) is 23.5. The van der Waals surface area contributed by atoms with Crippen LogP contribution in [-0.4, -0.2) is 31.2 Å². The maximum Gasteiger partial charge on any atom is 0.418 e. The van der Waals surface area contributed by atoms with Crippen LogP contribution in [0.2, 0.25) is 0 Å². The summed E-state index contributed by atoms with van der Waals surface area (Å²) in [5.74, 6) is -0.204. The minimum absolute atomic E-state index is 0.108. The molecule has 1 atom stereocenters. The summed E-state index contributed by atoms with van der Waals surface area (Å²) in [6.07, 6.45) is -3.63. The van der Waals surface area contributed by atoms with Crippen LogP contribution in [-0.2, 0) is 11.2 Å². The number of hydrogen-bond acceptors (Lipinski definition) is 5. The van der Waals surface area contributed by atoms with Crippen molar-refractivity contribution in [3.05, 3.63) is 57.5 Å². The third-order valence-electron chi connectivity index (χ3n) is 6.05. The van der Waals surface area contributed by atoms with Gasteiger partial charge in [0.1, 0.15) is 5.83 Å². The number of aryl methyl sites for hydroxylation is 1. The molecule has 1 aromatic rings. The first-order chi connectivity index (χ1) is 15.3. The Morgan fingerprint density at radius 2 is 1.88 bits per heavy atom. The quantitative estimate of drug-likeness (QED) is 0.230. The van der Waals surface area contributed by atoms with Crippen molar-refractivity contribution in [2.45, 2.75) is 65.1 Å². The summed E-state index contributed by atoms with van der Waals surface area (Å²) in [5, 5.41) is 5.26. The Morgan fingerprint density at radius 3 is 2.39 bits per heavy atom. The number of ketones is 1. The van der Waals surface area contributed by atoms with Gasteiger partial charge in [0, 0.05) is 24.1 Å². The summed E-state index contributed by atoms with van der Waals surface area (Å²) in [6.45, 7) is 5.46. The topological polar surface area (TPSA) is 67.8 Å². The number of anilines is 1. The number of nitrogens with zero attached hydrogens (tertiary/aromatic N) is 1. The molecule has 5 nitrogen and oxygen atoms in total. The predicted octanol–water partition coefficient (Wildman–Crippen LogP) is 6.90. The second-order valence-electron chi connectivity index (χ2n) is 8.95. The maximum atomic E-state index is 14.2. The van der Waals surface area contributed by atoms with Gasteiger partial charge in [0.15, 0.2) is 5.78 Å². The van der Waals surface area contributed by atoms with E-state index in [1.807, 2.05) is 6.92 Å². The van der Waals surface area contributed by atoms with E-state index in [2.05, 4.69) is 10.5 Å². The van der Waals surface area contributed by atoms with Crippen molar-refractivity contribution in [2.75, 3.05) is 19.0 Å². The minimum Gasteiger partial charge on any atom is -0.501 e. The Balaban J connectivity index is 2.41. The van der Waals surface area contributed by atoms with Gasteiger partial charge < -0.3 is 10.1 Å². The Bertz CT molecular complexity index is 967. The summed E-state index contributed by atoms with van der Waals surface area (Å²) in [5.41, 5.74) is -2.44. The molecule has 182 valence electrons. The molecule has 1 unspecified atom stereocenters. The molecular weight excluding hydrogens is 440 g/mol. The van der Waals surface area contributed by atoms with E-state index in [0.717, 1.165) is 0 Å². The lowest BCUT2D eigenvalue weighted by atomic mass is 9.71. The van der Waals surface area contributed by atoms with E-state index < -0.39 is 35.9 Å². The summed E-state index contributed by atoms with van der Waals surface area (Å²) >= 11 is 0. The molecular formula is C24H30F4N2O3. The zero-order valence-electron chi connectivity index (χ0n) is 19.5. The van der Waals surface area contributed by atoms with E-state index in [-0.39, 0.29) is 24.2 Å². The number of hydrogen-bond donors (Lipinski definition) is 1. The highest BCUT2D eigenvalue weighted by molar-refractivity contribution is 5.96. The van der Waals surface area contributed by atoms with Crippen molar-refractivity contribution < 1.29 is 27.1 Å². The average Bonchev–Trinajstić information content (AvgIpc) is 2.75. The van der Waals surface area contributed by atoms with Gasteiger partial charge in [-0.25, -0.2) is 4.39 Å². The third kappa shape index (κ3) is 5.81. The van der Waals surface area contributed by atoms with E-state index >= 15 is 0 Å². The highest BCUT2D eigenvalue weighted by Crippen LogP contribution is 2.48. The van der Waals surface area contributed by atoms with Gasteiger partial charge in [-0.2, -0.15) is 13.2 Å².